The van der Waals surface area contributed by atoms with Crippen LogP contribution in [0.5, 0.6) is 0 Å². The van der Waals surface area contributed by atoms with E-state index in [1.807, 2.05) is 0 Å². The van der Waals surface area contributed by atoms with Gasteiger partial charge in [-0.1, -0.05) is 38.1 Å². The van der Waals surface area contributed by atoms with Gasteiger partial charge in [-0.25, -0.2) is 0 Å². The summed E-state index contributed by atoms with van der Waals surface area (Å²) in [6.45, 7) is 5.69. The molecule has 2 heteroatoms. The van der Waals surface area contributed by atoms with Gasteiger partial charge in [-0.15, -0.1) is 0 Å². The van der Waals surface area contributed by atoms with Gasteiger partial charge in [-0.2, -0.15) is 0 Å². The highest BCUT2D eigenvalue weighted by Crippen LogP contribution is 2.38. The van der Waals surface area contributed by atoms with Crippen molar-refractivity contribution in [2.24, 2.45) is 5.92 Å². The van der Waals surface area contributed by atoms with Crippen molar-refractivity contribution in [1.82, 2.24) is 4.90 Å². The maximum Gasteiger partial charge on any atom is 0.0947 e. The summed E-state index contributed by atoms with van der Waals surface area (Å²) in [5, 5.41) is 10.9. The molecule has 1 saturated carbocycles. The molecule has 1 N–H and O–H groups in total. The van der Waals surface area contributed by atoms with E-state index in [4.69, 9.17) is 0 Å². The van der Waals surface area contributed by atoms with Crippen molar-refractivity contribution in [2.75, 3.05) is 6.54 Å². The predicted octanol–water partition coefficient (Wildman–Crippen LogP) is 3.55. The molecule has 2 aliphatic carbocycles. The molecule has 0 radical (unpaired) electrons. The number of rotatable bonds is 4. The van der Waals surface area contributed by atoms with Crippen LogP contribution >= 0.6 is 0 Å². The van der Waals surface area contributed by atoms with Gasteiger partial charge in [-0.05, 0) is 49.1 Å². The lowest BCUT2D eigenvalue weighted by atomic mass is 9.97. The second-order valence-corrected chi connectivity index (χ2v) is 6.93. The van der Waals surface area contributed by atoms with Gasteiger partial charge >= 0.3 is 0 Å². The molecule has 0 amide bonds. The zero-order chi connectivity index (χ0) is 14.1. The quantitative estimate of drug-likeness (QED) is 0.848. The van der Waals surface area contributed by atoms with Crippen molar-refractivity contribution < 1.29 is 5.11 Å². The largest absolute Gasteiger partial charge is 0.387 e. The average molecular weight is 273 g/mol. The van der Waals surface area contributed by atoms with Crippen LogP contribution in [-0.4, -0.2) is 28.6 Å². The molecular formula is C18H27NO. The standard InChI is InChI=1S/C18H27NO/c1-13(2)12-19(15-10-11-15)17-9-5-7-14-6-3-4-8-16(14)18(17)20/h3-4,6,8,13,15,17-18,20H,5,7,9-12H2,1-2H3. The summed E-state index contributed by atoms with van der Waals surface area (Å²) in [5.41, 5.74) is 2.52. The van der Waals surface area contributed by atoms with Crippen molar-refractivity contribution in [3.8, 4) is 0 Å². The normalized spacial score (nSPS) is 26.6. The molecule has 1 aromatic carbocycles. The Balaban J connectivity index is 1.85. The molecule has 2 atom stereocenters. The van der Waals surface area contributed by atoms with Gasteiger partial charge in [0, 0.05) is 18.6 Å². The third kappa shape index (κ3) is 2.91. The molecule has 2 nitrogen and oxygen atoms in total. The maximum atomic E-state index is 10.9. The Morgan fingerprint density at radius 1 is 1.20 bits per heavy atom. The molecule has 0 heterocycles. The van der Waals surface area contributed by atoms with Crippen LogP contribution in [0.2, 0.25) is 0 Å². The first-order chi connectivity index (χ1) is 9.66. The number of aliphatic hydroxyl groups excluding tert-OH is 1. The summed E-state index contributed by atoms with van der Waals surface area (Å²) >= 11 is 0. The minimum absolute atomic E-state index is 0.312. The van der Waals surface area contributed by atoms with Crippen LogP contribution in [0.3, 0.4) is 0 Å². The number of aryl methyl sites for hydroxylation is 1. The smallest absolute Gasteiger partial charge is 0.0947 e. The lowest BCUT2D eigenvalue weighted by molar-refractivity contribution is 0.0331. The van der Waals surface area contributed by atoms with Gasteiger partial charge in [-0.3, -0.25) is 4.90 Å². The summed E-state index contributed by atoms with van der Waals surface area (Å²) in [6.07, 6.45) is 5.76. The highest BCUT2D eigenvalue weighted by atomic mass is 16.3. The molecule has 110 valence electrons. The summed E-state index contributed by atoms with van der Waals surface area (Å²) < 4.78 is 0. The Kier molecular flexibility index (Phi) is 4.13. The van der Waals surface area contributed by atoms with E-state index in [0.717, 1.165) is 25.4 Å². The topological polar surface area (TPSA) is 23.5 Å². The van der Waals surface area contributed by atoms with E-state index in [1.165, 1.54) is 30.4 Å². The van der Waals surface area contributed by atoms with E-state index in [9.17, 15) is 5.11 Å². The Morgan fingerprint density at radius 2 is 1.95 bits per heavy atom. The van der Waals surface area contributed by atoms with Crippen LogP contribution in [0.25, 0.3) is 0 Å². The lowest BCUT2D eigenvalue weighted by Crippen LogP contribution is -2.43. The van der Waals surface area contributed by atoms with E-state index in [2.05, 4.69) is 43.0 Å². The molecule has 0 bridgehead atoms. The van der Waals surface area contributed by atoms with Crippen LogP contribution in [0, 0.1) is 5.92 Å². The molecule has 1 aromatic rings. The molecular weight excluding hydrogens is 246 g/mol. The van der Waals surface area contributed by atoms with E-state index in [-0.39, 0.29) is 6.10 Å². The van der Waals surface area contributed by atoms with Gasteiger partial charge in [0.25, 0.3) is 0 Å². The minimum atomic E-state index is -0.312. The Bertz CT molecular complexity index is 452. The molecule has 0 aromatic heterocycles. The van der Waals surface area contributed by atoms with E-state index in [1.54, 1.807) is 0 Å². The van der Waals surface area contributed by atoms with Crippen LogP contribution in [0.1, 0.15) is 56.8 Å². The summed E-state index contributed by atoms with van der Waals surface area (Å²) in [6, 6.07) is 9.51. The number of hydrogen-bond donors (Lipinski definition) is 1. The van der Waals surface area contributed by atoms with Crippen LogP contribution in [0.15, 0.2) is 24.3 Å². The van der Waals surface area contributed by atoms with Crippen molar-refractivity contribution in [3.05, 3.63) is 35.4 Å². The minimum Gasteiger partial charge on any atom is -0.387 e. The van der Waals surface area contributed by atoms with Crippen molar-refractivity contribution >= 4 is 0 Å². The monoisotopic (exact) mass is 273 g/mol. The van der Waals surface area contributed by atoms with Gasteiger partial charge < -0.3 is 5.11 Å². The first-order valence-corrected chi connectivity index (χ1v) is 8.18. The molecule has 2 unspecified atom stereocenters. The average Bonchev–Trinajstić information content (AvgIpc) is 3.25. The number of aliphatic hydroxyl groups is 1. The number of benzene rings is 1. The lowest BCUT2D eigenvalue weighted by Gasteiger charge is -2.35. The van der Waals surface area contributed by atoms with Gasteiger partial charge in [0.1, 0.15) is 0 Å². The Morgan fingerprint density at radius 3 is 2.65 bits per heavy atom. The Hall–Kier alpha value is -0.860. The van der Waals surface area contributed by atoms with E-state index >= 15 is 0 Å². The van der Waals surface area contributed by atoms with Gasteiger partial charge in [0.2, 0.25) is 0 Å². The molecule has 0 spiro atoms. The first kappa shape index (κ1) is 14.1. The highest BCUT2D eigenvalue weighted by molar-refractivity contribution is 5.31. The summed E-state index contributed by atoms with van der Waals surface area (Å²) in [4.78, 5) is 2.61. The predicted molar refractivity (Wildman–Crippen MR) is 82.7 cm³/mol. The zero-order valence-electron chi connectivity index (χ0n) is 12.8. The number of fused-ring (bicyclic) bond motifs is 1. The van der Waals surface area contributed by atoms with E-state index < -0.39 is 0 Å². The molecule has 3 rings (SSSR count). The summed E-state index contributed by atoms with van der Waals surface area (Å²) in [5.74, 6) is 0.668. The third-order valence-corrected chi connectivity index (χ3v) is 4.70. The van der Waals surface area contributed by atoms with Crippen molar-refractivity contribution in [1.29, 1.82) is 0 Å². The Labute approximate surface area is 122 Å². The van der Waals surface area contributed by atoms with Gasteiger partial charge in [0.05, 0.1) is 6.10 Å². The van der Waals surface area contributed by atoms with Crippen LogP contribution in [0.4, 0.5) is 0 Å². The molecule has 0 saturated heterocycles. The second kappa shape index (κ2) is 5.87. The summed E-state index contributed by atoms with van der Waals surface area (Å²) in [7, 11) is 0. The first-order valence-electron chi connectivity index (χ1n) is 8.18. The molecule has 2 aliphatic rings. The molecule has 0 aliphatic heterocycles. The van der Waals surface area contributed by atoms with Crippen molar-refractivity contribution in [3.63, 3.8) is 0 Å². The zero-order valence-corrected chi connectivity index (χ0v) is 12.8. The maximum absolute atomic E-state index is 10.9. The highest BCUT2D eigenvalue weighted by Gasteiger charge is 2.38. The fraction of sp³-hybridized carbons (Fsp3) is 0.667. The molecule has 20 heavy (non-hydrogen) atoms. The SMILES string of the molecule is CC(C)CN(C1CC1)C1CCCc2ccccc2C1O. The second-order valence-electron chi connectivity index (χ2n) is 6.93. The number of hydrogen-bond acceptors (Lipinski definition) is 2. The van der Waals surface area contributed by atoms with Gasteiger partial charge in [0.15, 0.2) is 0 Å². The fourth-order valence-electron chi connectivity index (χ4n) is 3.65. The van der Waals surface area contributed by atoms with Crippen LogP contribution < -0.4 is 0 Å². The van der Waals surface area contributed by atoms with E-state index in [0.29, 0.717) is 12.0 Å². The fourth-order valence-corrected chi connectivity index (χ4v) is 3.65. The van der Waals surface area contributed by atoms with Crippen LogP contribution in [-0.2, 0) is 6.42 Å². The molecule has 1 fully saturated rings. The van der Waals surface area contributed by atoms with Crippen molar-refractivity contribution in [2.45, 2.75) is 64.1 Å². The third-order valence-electron chi connectivity index (χ3n) is 4.70. The number of nitrogens with zero attached hydrogens (tertiary/aromatic N) is 1.